The Balaban J connectivity index is 4.25. The fraction of sp³-hybridized carbons (Fsp3) is 0.766. The lowest BCUT2D eigenvalue weighted by Gasteiger charge is -2.29. The molecule has 0 fully saturated rings. The van der Waals surface area contributed by atoms with Crippen LogP contribution >= 0.6 is 7.82 Å². The molecular formula is C64H117N2O6P. The zero-order valence-corrected chi connectivity index (χ0v) is 49.2. The molecule has 73 heavy (non-hydrogen) atoms. The zero-order chi connectivity index (χ0) is 53.5. The van der Waals surface area contributed by atoms with E-state index in [9.17, 15) is 19.4 Å². The number of nitrogens with zero attached hydrogens (tertiary/aromatic N) is 1. The largest absolute Gasteiger partial charge is 0.756 e. The van der Waals surface area contributed by atoms with E-state index in [0.717, 1.165) is 83.5 Å². The van der Waals surface area contributed by atoms with Gasteiger partial charge in [0.15, 0.2) is 0 Å². The van der Waals surface area contributed by atoms with Crippen LogP contribution in [0.4, 0.5) is 0 Å². The molecule has 8 nitrogen and oxygen atoms in total. The Bertz CT molecular complexity index is 1460. The Hall–Kier alpha value is -2.32. The van der Waals surface area contributed by atoms with Gasteiger partial charge in [0, 0.05) is 6.42 Å². The van der Waals surface area contributed by atoms with Crippen molar-refractivity contribution < 1.29 is 32.9 Å². The van der Waals surface area contributed by atoms with E-state index < -0.39 is 26.6 Å². The molecule has 0 saturated heterocycles. The van der Waals surface area contributed by atoms with E-state index in [-0.39, 0.29) is 12.5 Å². The summed E-state index contributed by atoms with van der Waals surface area (Å²) in [5.41, 5.74) is 0. The summed E-state index contributed by atoms with van der Waals surface area (Å²) in [6.45, 7) is 4.52. The summed E-state index contributed by atoms with van der Waals surface area (Å²) in [4.78, 5) is 25.5. The molecule has 2 N–H and O–H groups in total. The third kappa shape index (κ3) is 57.2. The number of unbranched alkanes of at least 4 members (excludes halogenated alkanes) is 30. The molecule has 0 radical (unpaired) electrons. The number of hydrogen-bond acceptors (Lipinski definition) is 6. The second-order valence-electron chi connectivity index (χ2n) is 21.7. The van der Waals surface area contributed by atoms with Gasteiger partial charge in [-0.15, -0.1) is 0 Å². The first-order chi connectivity index (χ1) is 35.5. The first-order valence-electron chi connectivity index (χ1n) is 30.4. The predicted molar refractivity (Wildman–Crippen MR) is 316 cm³/mol. The second kappa shape index (κ2) is 54.5. The summed E-state index contributed by atoms with van der Waals surface area (Å²) < 4.78 is 23.3. The van der Waals surface area contributed by atoms with E-state index in [4.69, 9.17) is 9.05 Å². The van der Waals surface area contributed by atoms with Crippen molar-refractivity contribution in [2.24, 2.45) is 0 Å². The third-order valence-corrected chi connectivity index (χ3v) is 14.3. The minimum Gasteiger partial charge on any atom is -0.756 e. The summed E-state index contributed by atoms with van der Waals surface area (Å²) in [6, 6.07) is -0.921. The molecule has 0 spiro atoms. The Morgan fingerprint density at radius 1 is 0.493 bits per heavy atom. The zero-order valence-electron chi connectivity index (χ0n) is 48.3. The number of aliphatic hydroxyl groups is 1. The quantitative estimate of drug-likeness (QED) is 0.0272. The van der Waals surface area contributed by atoms with Crippen LogP contribution in [0, 0.1) is 0 Å². The Morgan fingerprint density at radius 2 is 0.849 bits per heavy atom. The van der Waals surface area contributed by atoms with Crippen molar-refractivity contribution in [1.82, 2.24) is 5.32 Å². The maximum atomic E-state index is 13.0. The molecule has 9 heteroatoms. The number of amides is 1. The van der Waals surface area contributed by atoms with Crippen molar-refractivity contribution >= 4 is 13.7 Å². The molecular weight excluding hydrogens is 924 g/mol. The summed E-state index contributed by atoms with van der Waals surface area (Å²) in [5, 5.41) is 13.9. The fourth-order valence-corrected chi connectivity index (χ4v) is 9.31. The number of phosphoric acid groups is 1. The molecule has 0 heterocycles. The number of rotatable bonds is 55. The first-order valence-corrected chi connectivity index (χ1v) is 31.9. The average Bonchev–Trinajstić information content (AvgIpc) is 3.35. The molecule has 0 rings (SSSR count). The fourth-order valence-electron chi connectivity index (χ4n) is 8.59. The lowest BCUT2D eigenvalue weighted by atomic mass is 10.0. The van der Waals surface area contributed by atoms with Crippen LogP contribution in [0.25, 0.3) is 0 Å². The van der Waals surface area contributed by atoms with Gasteiger partial charge in [-0.05, 0) is 83.5 Å². The lowest BCUT2D eigenvalue weighted by Crippen LogP contribution is -2.45. The van der Waals surface area contributed by atoms with Crippen LogP contribution in [0.3, 0.4) is 0 Å². The number of phosphoric ester groups is 1. The molecule has 3 unspecified atom stereocenters. The van der Waals surface area contributed by atoms with Gasteiger partial charge in [0.25, 0.3) is 7.82 Å². The molecule has 0 aliphatic rings. The normalized spacial score (nSPS) is 14.5. The molecule has 0 bridgehead atoms. The molecule has 3 atom stereocenters. The van der Waals surface area contributed by atoms with Crippen molar-refractivity contribution in [3.63, 3.8) is 0 Å². The van der Waals surface area contributed by atoms with Crippen molar-refractivity contribution in [3.05, 3.63) is 85.1 Å². The van der Waals surface area contributed by atoms with Crippen LogP contribution in [0.5, 0.6) is 0 Å². The standard InChI is InChI=1S/C64H117N2O6P/c1-6-8-10-12-14-16-18-20-22-24-26-28-29-30-31-32-33-34-35-36-38-39-41-43-45-47-49-51-53-55-57-63(67)62(61-72-73(69,70)71-60-59-66(3,4)5)65-64(68)58-56-54-52-50-48-46-44-42-40-37-27-25-23-21-19-17-15-13-11-9-7-2/h9,11,15,17,21,23,27,37,39,41,47,49,55,57,62-63,67H,6-8,10,12-14,16,18-20,22,24-26,28-36,38,40,42-46,48,50-54,56,58-61H2,1-5H3,(H-,65,68,69,70)/b11-9-,17-15-,23-21-,37-27-,41-39+,49-47+,57-55+. The van der Waals surface area contributed by atoms with Gasteiger partial charge in [-0.2, -0.15) is 0 Å². The smallest absolute Gasteiger partial charge is 0.268 e. The number of quaternary nitrogens is 1. The van der Waals surface area contributed by atoms with E-state index in [1.54, 1.807) is 6.08 Å². The van der Waals surface area contributed by atoms with Crippen LogP contribution in [-0.4, -0.2) is 68.5 Å². The average molecular weight is 1040 g/mol. The van der Waals surface area contributed by atoms with Gasteiger partial charge in [0.05, 0.1) is 39.9 Å². The van der Waals surface area contributed by atoms with Crippen molar-refractivity contribution in [2.75, 3.05) is 40.9 Å². The van der Waals surface area contributed by atoms with E-state index in [2.05, 4.69) is 92.1 Å². The first kappa shape index (κ1) is 70.7. The van der Waals surface area contributed by atoms with E-state index in [1.165, 1.54) is 161 Å². The predicted octanol–water partition coefficient (Wildman–Crippen LogP) is 18.2. The Kier molecular flexibility index (Phi) is 52.7. The molecule has 0 aliphatic carbocycles. The number of carbonyl (C=O) groups excluding carboxylic acids is 1. The summed E-state index contributed by atoms with van der Waals surface area (Å²) in [7, 11) is 1.22. The maximum absolute atomic E-state index is 13.0. The van der Waals surface area contributed by atoms with Crippen LogP contribution < -0.4 is 10.2 Å². The minimum atomic E-state index is -4.62. The Morgan fingerprint density at radius 3 is 1.27 bits per heavy atom. The van der Waals surface area contributed by atoms with E-state index in [0.29, 0.717) is 17.4 Å². The van der Waals surface area contributed by atoms with Gasteiger partial charge < -0.3 is 28.8 Å². The highest BCUT2D eigenvalue weighted by atomic mass is 31.2. The summed E-state index contributed by atoms with van der Waals surface area (Å²) >= 11 is 0. The summed E-state index contributed by atoms with van der Waals surface area (Å²) in [5.74, 6) is -0.221. The Labute approximate surface area is 452 Å². The van der Waals surface area contributed by atoms with E-state index in [1.807, 2.05) is 27.2 Å². The van der Waals surface area contributed by atoms with E-state index >= 15 is 0 Å². The number of carbonyl (C=O) groups is 1. The lowest BCUT2D eigenvalue weighted by molar-refractivity contribution is -0.870. The van der Waals surface area contributed by atoms with Gasteiger partial charge in [-0.25, -0.2) is 0 Å². The molecule has 424 valence electrons. The SMILES string of the molecule is CC/C=C\C/C=C\C/C=C\C/C=C\CCCCCCCCCCC(=O)NC(COP(=O)([O-])OCC[N+](C)(C)C)C(O)/C=C/CC/C=C/CC/C=C/CCCCCCCCCCCCCCCCCCCCCC. The number of nitrogens with one attached hydrogen (secondary N) is 1. The van der Waals surface area contributed by atoms with Gasteiger partial charge in [0.2, 0.25) is 5.91 Å². The topological polar surface area (TPSA) is 108 Å². The van der Waals surface area contributed by atoms with Crippen molar-refractivity contribution in [2.45, 2.75) is 276 Å². The third-order valence-electron chi connectivity index (χ3n) is 13.3. The monoisotopic (exact) mass is 1040 g/mol. The van der Waals surface area contributed by atoms with Gasteiger partial charge in [0.1, 0.15) is 13.2 Å². The number of hydrogen-bond donors (Lipinski definition) is 2. The maximum Gasteiger partial charge on any atom is 0.268 e. The van der Waals surface area contributed by atoms with Crippen LogP contribution in [0.15, 0.2) is 85.1 Å². The molecule has 0 aromatic rings. The minimum absolute atomic E-state index is 0.0146. The molecule has 0 aromatic heterocycles. The summed E-state index contributed by atoms with van der Waals surface area (Å²) in [6.07, 6.45) is 76.8. The van der Waals surface area contributed by atoms with Crippen molar-refractivity contribution in [3.8, 4) is 0 Å². The highest BCUT2D eigenvalue weighted by Crippen LogP contribution is 2.38. The van der Waals surface area contributed by atoms with Crippen LogP contribution in [0.1, 0.15) is 264 Å². The molecule has 0 aromatic carbocycles. The molecule has 1 amide bonds. The number of allylic oxidation sites excluding steroid dienone is 13. The molecule has 0 aliphatic heterocycles. The van der Waals surface area contributed by atoms with Gasteiger partial charge in [-0.1, -0.05) is 259 Å². The van der Waals surface area contributed by atoms with Crippen molar-refractivity contribution in [1.29, 1.82) is 0 Å². The second-order valence-corrected chi connectivity index (χ2v) is 23.1. The highest BCUT2D eigenvalue weighted by molar-refractivity contribution is 7.45. The van der Waals surface area contributed by atoms with Crippen LogP contribution in [0.2, 0.25) is 0 Å². The number of likely N-dealkylation sites (N-methyl/N-ethyl adjacent to an activating group) is 1. The van der Waals surface area contributed by atoms with Gasteiger partial charge in [-0.3, -0.25) is 9.36 Å². The van der Waals surface area contributed by atoms with Crippen LogP contribution in [-0.2, 0) is 18.4 Å². The van der Waals surface area contributed by atoms with Gasteiger partial charge >= 0.3 is 0 Å². The number of aliphatic hydroxyl groups excluding tert-OH is 1. The molecule has 0 saturated carbocycles. The highest BCUT2D eigenvalue weighted by Gasteiger charge is 2.23.